The van der Waals surface area contributed by atoms with Crippen LogP contribution in [0.2, 0.25) is 0 Å². The van der Waals surface area contributed by atoms with Gasteiger partial charge < -0.3 is 15.3 Å². The maximum atomic E-state index is 9.96. The molecule has 19 heavy (non-hydrogen) atoms. The summed E-state index contributed by atoms with van der Waals surface area (Å²) in [5.74, 6) is 1.52. The number of likely N-dealkylation sites (N-methyl/N-ethyl adjacent to an activating group) is 1. The molecule has 1 rings (SSSR count). The van der Waals surface area contributed by atoms with Crippen LogP contribution in [0.15, 0.2) is 6.07 Å². The van der Waals surface area contributed by atoms with Crippen LogP contribution in [0.1, 0.15) is 39.8 Å². The second-order valence-electron chi connectivity index (χ2n) is 5.44. The third-order valence-electron chi connectivity index (χ3n) is 2.66. The molecule has 0 amide bonds. The SMILES string of the molecule is CCCNc1nc(C)cc(N(CC)CC(C)(C)O)n1. The fourth-order valence-corrected chi connectivity index (χ4v) is 1.85. The van der Waals surface area contributed by atoms with Crippen LogP contribution in [0, 0.1) is 6.92 Å². The third-order valence-corrected chi connectivity index (χ3v) is 2.66. The molecule has 1 heterocycles. The van der Waals surface area contributed by atoms with Crippen molar-refractivity contribution in [2.45, 2.75) is 46.6 Å². The van der Waals surface area contributed by atoms with Crippen LogP contribution >= 0.6 is 0 Å². The highest BCUT2D eigenvalue weighted by atomic mass is 16.3. The Bertz CT molecular complexity index is 401. The summed E-state index contributed by atoms with van der Waals surface area (Å²) in [6.45, 7) is 11.9. The summed E-state index contributed by atoms with van der Waals surface area (Å²) >= 11 is 0. The Labute approximate surface area is 116 Å². The molecular formula is C14H26N4O. The largest absolute Gasteiger partial charge is 0.389 e. The Hall–Kier alpha value is -1.36. The minimum Gasteiger partial charge on any atom is -0.389 e. The van der Waals surface area contributed by atoms with E-state index in [9.17, 15) is 5.11 Å². The van der Waals surface area contributed by atoms with Crippen molar-refractivity contribution >= 4 is 11.8 Å². The number of nitrogens with one attached hydrogen (secondary N) is 1. The van der Waals surface area contributed by atoms with Gasteiger partial charge in [0.2, 0.25) is 5.95 Å². The molecule has 5 nitrogen and oxygen atoms in total. The Kier molecular flexibility index (Phi) is 5.54. The van der Waals surface area contributed by atoms with Crippen molar-refractivity contribution < 1.29 is 5.11 Å². The van der Waals surface area contributed by atoms with Crippen molar-refractivity contribution in [1.82, 2.24) is 9.97 Å². The lowest BCUT2D eigenvalue weighted by molar-refractivity contribution is 0.0874. The van der Waals surface area contributed by atoms with E-state index in [1.165, 1.54) is 0 Å². The van der Waals surface area contributed by atoms with Crippen LogP contribution in [-0.2, 0) is 0 Å². The average molecular weight is 266 g/mol. The Balaban J connectivity index is 2.93. The molecule has 0 saturated heterocycles. The lowest BCUT2D eigenvalue weighted by atomic mass is 10.1. The highest BCUT2D eigenvalue weighted by Gasteiger charge is 2.19. The second-order valence-corrected chi connectivity index (χ2v) is 5.44. The van der Waals surface area contributed by atoms with E-state index in [0.717, 1.165) is 31.0 Å². The first-order valence-corrected chi connectivity index (χ1v) is 6.92. The number of nitrogens with zero attached hydrogens (tertiary/aromatic N) is 3. The van der Waals surface area contributed by atoms with Crippen molar-refractivity contribution in [3.05, 3.63) is 11.8 Å². The predicted molar refractivity (Wildman–Crippen MR) is 79.7 cm³/mol. The van der Waals surface area contributed by atoms with Crippen LogP contribution in [0.3, 0.4) is 0 Å². The van der Waals surface area contributed by atoms with Gasteiger partial charge in [-0.15, -0.1) is 0 Å². The zero-order valence-electron chi connectivity index (χ0n) is 12.7. The average Bonchev–Trinajstić information content (AvgIpc) is 2.31. The monoisotopic (exact) mass is 266 g/mol. The van der Waals surface area contributed by atoms with Gasteiger partial charge in [0.15, 0.2) is 0 Å². The Morgan fingerprint density at radius 2 is 2.00 bits per heavy atom. The maximum Gasteiger partial charge on any atom is 0.224 e. The molecule has 0 unspecified atom stereocenters. The second kappa shape index (κ2) is 6.70. The van der Waals surface area contributed by atoms with Gasteiger partial charge in [-0.05, 0) is 34.1 Å². The van der Waals surface area contributed by atoms with Gasteiger partial charge >= 0.3 is 0 Å². The number of hydrogen-bond acceptors (Lipinski definition) is 5. The molecule has 0 fully saturated rings. The molecule has 0 aliphatic carbocycles. The Morgan fingerprint density at radius 3 is 2.53 bits per heavy atom. The number of hydrogen-bond donors (Lipinski definition) is 2. The molecule has 108 valence electrons. The van der Waals surface area contributed by atoms with Crippen LogP contribution in [-0.4, -0.2) is 40.3 Å². The van der Waals surface area contributed by atoms with Crippen LogP contribution in [0.4, 0.5) is 11.8 Å². The lowest BCUT2D eigenvalue weighted by Gasteiger charge is -2.29. The number of aryl methyl sites for hydroxylation is 1. The first kappa shape index (κ1) is 15.7. The van der Waals surface area contributed by atoms with Gasteiger partial charge in [-0.25, -0.2) is 4.98 Å². The summed E-state index contributed by atoms with van der Waals surface area (Å²) in [5, 5.41) is 13.2. The molecule has 0 saturated carbocycles. The van der Waals surface area contributed by atoms with Crippen LogP contribution in [0.5, 0.6) is 0 Å². The van der Waals surface area contributed by atoms with Gasteiger partial charge in [0.25, 0.3) is 0 Å². The first-order valence-electron chi connectivity index (χ1n) is 6.92. The summed E-state index contributed by atoms with van der Waals surface area (Å²) in [7, 11) is 0. The molecular weight excluding hydrogens is 240 g/mol. The summed E-state index contributed by atoms with van der Waals surface area (Å²) in [5.41, 5.74) is 0.184. The highest BCUT2D eigenvalue weighted by molar-refractivity contribution is 5.45. The lowest BCUT2D eigenvalue weighted by Crippen LogP contribution is -2.39. The fraction of sp³-hybridized carbons (Fsp3) is 0.714. The topological polar surface area (TPSA) is 61.3 Å². The minimum absolute atomic E-state index is 0.549. The number of rotatable bonds is 7. The Morgan fingerprint density at radius 1 is 1.32 bits per heavy atom. The number of aliphatic hydroxyl groups is 1. The maximum absolute atomic E-state index is 9.96. The molecule has 0 aliphatic rings. The summed E-state index contributed by atoms with van der Waals surface area (Å²) in [6.07, 6.45) is 1.04. The molecule has 5 heteroatoms. The van der Waals surface area contributed by atoms with Gasteiger partial charge in [0, 0.05) is 31.4 Å². The predicted octanol–water partition coefficient (Wildman–Crippen LogP) is 2.20. The smallest absolute Gasteiger partial charge is 0.224 e. The molecule has 0 aliphatic heterocycles. The van der Waals surface area contributed by atoms with Gasteiger partial charge in [0.1, 0.15) is 5.82 Å². The molecule has 0 radical (unpaired) electrons. The number of aromatic nitrogens is 2. The zero-order chi connectivity index (χ0) is 14.5. The van der Waals surface area contributed by atoms with Crippen LogP contribution in [0.25, 0.3) is 0 Å². The molecule has 2 N–H and O–H groups in total. The molecule has 0 bridgehead atoms. The van der Waals surface area contributed by atoms with Crippen molar-refractivity contribution in [2.75, 3.05) is 29.9 Å². The van der Waals surface area contributed by atoms with E-state index in [2.05, 4.69) is 34.0 Å². The van der Waals surface area contributed by atoms with E-state index in [1.807, 2.05) is 13.0 Å². The van der Waals surface area contributed by atoms with E-state index in [4.69, 9.17) is 0 Å². The zero-order valence-corrected chi connectivity index (χ0v) is 12.7. The summed E-state index contributed by atoms with van der Waals surface area (Å²) < 4.78 is 0. The molecule has 0 spiro atoms. The van der Waals surface area contributed by atoms with E-state index < -0.39 is 5.60 Å². The van der Waals surface area contributed by atoms with E-state index in [1.54, 1.807) is 13.8 Å². The fourth-order valence-electron chi connectivity index (χ4n) is 1.85. The van der Waals surface area contributed by atoms with Crippen molar-refractivity contribution in [3.63, 3.8) is 0 Å². The third kappa shape index (κ3) is 5.42. The van der Waals surface area contributed by atoms with E-state index >= 15 is 0 Å². The number of anilines is 2. The van der Waals surface area contributed by atoms with Gasteiger partial charge in [-0.3, -0.25) is 0 Å². The molecule has 0 aromatic carbocycles. The molecule has 1 aromatic rings. The van der Waals surface area contributed by atoms with E-state index in [-0.39, 0.29) is 0 Å². The molecule has 0 atom stereocenters. The van der Waals surface area contributed by atoms with Crippen molar-refractivity contribution in [1.29, 1.82) is 0 Å². The van der Waals surface area contributed by atoms with Gasteiger partial charge in [-0.2, -0.15) is 4.98 Å². The van der Waals surface area contributed by atoms with E-state index in [0.29, 0.717) is 12.5 Å². The normalized spacial score (nSPS) is 11.5. The highest BCUT2D eigenvalue weighted by Crippen LogP contribution is 2.17. The first-order chi connectivity index (χ1) is 8.85. The van der Waals surface area contributed by atoms with Gasteiger partial charge in [0.05, 0.1) is 5.60 Å². The van der Waals surface area contributed by atoms with Crippen molar-refractivity contribution in [2.24, 2.45) is 0 Å². The summed E-state index contributed by atoms with van der Waals surface area (Å²) in [4.78, 5) is 11.0. The summed E-state index contributed by atoms with van der Waals surface area (Å²) in [6, 6.07) is 1.95. The minimum atomic E-state index is -0.744. The van der Waals surface area contributed by atoms with Crippen LogP contribution < -0.4 is 10.2 Å². The standard InChI is InChI=1S/C14H26N4O/c1-6-8-15-13-16-11(3)9-12(17-13)18(7-2)10-14(4,5)19/h9,19H,6-8,10H2,1-5H3,(H,15,16,17). The quantitative estimate of drug-likeness (QED) is 0.792. The van der Waals surface area contributed by atoms with Gasteiger partial charge in [-0.1, -0.05) is 6.92 Å². The molecule has 1 aromatic heterocycles. The van der Waals surface area contributed by atoms with Crippen molar-refractivity contribution in [3.8, 4) is 0 Å².